The predicted octanol–water partition coefficient (Wildman–Crippen LogP) is 5.02. The largest absolute Gasteiger partial charge is 0.496 e. The second kappa shape index (κ2) is 10.1. The molecule has 0 saturated heterocycles. The van der Waals surface area contributed by atoms with Crippen LogP contribution in [0.4, 0.5) is 5.69 Å². The highest BCUT2D eigenvalue weighted by molar-refractivity contribution is 7.92. The molecular formula is C26H30N2O4S. The Balaban J connectivity index is 1.82. The number of anilines is 1. The SMILES string of the molecule is CCC(NC(=O)c1cccc(N(C)S(=O)(=O)c2ccc(C)cc2)c1)c1ccc(OC)c(C)c1. The molecule has 0 aliphatic carbocycles. The average molecular weight is 467 g/mol. The fraction of sp³-hybridized carbons (Fsp3) is 0.269. The van der Waals surface area contributed by atoms with Crippen LogP contribution in [0.2, 0.25) is 0 Å². The molecule has 0 radical (unpaired) electrons. The number of nitrogens with zero attached hydrogens (tertiary/aromatic N) is 1. The average Bonchev–Trinajstić information content (AvgIpc) is 2.82. The van der Waals surface area contributed by atoms with E-state index in [9.17, 15) is 13.2 Å². The number of amides is 1. The number of aryl methyl sites for hydroxylation is 2. The van der Waals surface area contributed by atoms with Crippen LogP contribution >= 0.6 is 0 Å². The van der Waals surface area contributed by atoms with Crippen LogP contribution < -0.4 is 14.4 Å². The monoisotopic (exact) mass is 466 g/mol. The van der Waals surface area contributed by atoms with Crippen LogP contribution in [0.3, 0.4) is 0 Å². The van der Waals surface area contributed by atoms with Gasteiger partial charge in [0, 0.05) is 12.6 Å². The van der Waals surface area contributed by atoms with E-state index in [-0.39, 0.29) is 16.8 Å². The van der Waals surface area contributed by atoms with Gasteiger partial charge >= 0.3 is 0 Å². The molecule has 6 nitrogen and oxygen atoms in total. The highest BCUT2D eigenvalue weighted by Crippen LogP contribution is 2.26. The van der Waals surface area contributed by atoms with E-state index in [1.165, 1.54) is 11.4 Å². The summed E-state index contributed by atoms with van der Waals surface area (Å²) < 4.78 is 32.6. The molecule has 0 spiro atoms. The van der Waals surface area contributed by atoms with Crippen LogP contribution in [0.1, 0.15) is 46.4 Å². The minimum Gasteiger partial charge on any atom is -0.496 e. The number of carbonyl (C=O) groups excluding carboxylic acids is 1. The van der Waals surface area contributed by atoms with E-state index in [1.54, 1.807) is 55.6 Å². The molecule has 1 amide bonds. The summed E-state index contributed by atoms with van der Waals surface area (Å²) in [6.07, 6.45) is 0.707. The number of sulfonamides is 1. The lowest BCUT2D eigenvalue weighted by atomic mass is 10.0. The van der Waals surface area contributed by atoms with Gasteiger partial charge in [0.15, 0.2) is 0 Å². The summed E-state index contributed by atoms with van der Waals surface area (Å²) in [5, 5.41) is 3.06. The summed E-state index contributed by atoms with van der Waals surface area (Å²) >= 11 is 0. The zero-order valence-electron chi connectivity index (χ0n) is 19.6. The van der Waals surface area contributed by atoms with E-state index in [0.29, 0.717) is 17.7 Å². The van der Waals surface area contributed by atoms with Crippen molar-refractivity contribution in [2.75, 3.05) is 18.5 Å². The molecule has 0 aromatic heterocycles. The Morgan fingerprint density at radius 2 is 1.73 bits per heavy atom. The minimum absolute atomic E-state index is 0.181. The first kappa shape index (κ1) is 24.3. The van der Waals surface area contributed by atoms with Gasteiger partial charge in [-0.05, 0) is 67.8 Å². The lowest BCUT2D eigenvalue weighted by Gasteiger charge is -2.21. The molecule has 0 bridgehead atoms. The van der Waals surface area contributed by atoms with Gasteiger partial charge in [-0.3, -0.25) is 9.10 Å². The van der Waals surface area contributed by atoms with E-state index < -0.39 is 10.0 Å². The minimum atomic E-state index is -3.74. The first-order valence-electron chi connectivity index (χ1n) is 10.8. The molecule has 0 fully saturated rings. The molecule has 0 saturated carbocycles. The van der Waals surface area contributed by atoms with Crippen LogP contribution in [0, 0.1) is 13.8 Å². The normalized spacial score (nSPS) is 12.2. The fourth-order valence-electron chi connectivity index (χ4n) is 3.63. The van der Waals surface area contributed by atoms with Crippen molar-refractivity contribution >= 4 is 21.6 Å². The first-order valence-corrected chi connectivity index (χ1v) is 12.2. The van der Waals surface area contributed by atoms with E-state index in [2.05, 4.69) is 5.32 Å². The molecule has 1 atom stereocenters. The van der Waals surface area contributed by atoms with Crippen LogP contribution in [-0.4, -0.2) is 28.5 Å². The predicted molar refractivity (Wildman–Crippen MR) is 131 cm³/mol. The number of methoxy groups -OCH3 is 1. The van der Waals surface area contributed by atoms with Gasteiger partial charge in [-0.15, -0.1) is 0 Å². The van der Waals surface area contributed by atoms with E-state index in [0.717, 1.165) is 22.4 Å². The Hall–Kier alpha value is -3.32. The number of ether oxygens (including phenoxy) is 1. The molecular weight excluding hydrogens is 436 g/mol. The molecule has 3 rings (SSSR count). The summed E-state index contributed by atoms with van der Waals surface area (Å²) in [6.45, 7) is 5.87. The lowest BCUT2D eigenvalue weighted by molar-refractivity contribution is 0.0935. The molecule has 1 N–H and O–H groups in total. The maximum atomic E-state index is 13.0. The summed E-state index contributed by atoms with van der Waals surface area (Å²) in [5.41, 5.74) is 3.76. The van der Waals surface area contributed by atoms with Gasteiger partial charge in [-0.25, -0.2) is 8.42 Å². The van der Waals surface area contributed by atoms with E-state index in [4.69, 9.17) is 4.74 Å². The lowest BCUT2D eigenvalue weighted by Crippen LogP contribution is -2.29. The van der Waals surface area contributed by atoms with Crippen molar-refractivity contribution in [2.45, 2.75) is 38.1 Å². The Bertz CT molecular complexity index is 1240. The number of carbonyl (C=O) groups is 1. The summed E-state index contributed by atoms with van der Waals surface area (Å²) in [6, 6.07) is 19.0. The maximum absolute atomic E-state index is 13.0. The van der Waals surface area contributed by atoms with Crippen molar-refractivity contribution in [1.29, 1.82) is 0 Å². The van der Waals surface area contributed by atoms with Crippen LogP contribution in [0.15, 0.2) is 71.6 Å². The van der Waals surface area contributed by atoms with Crippen LogP contribution in [-0.2, 0) is 10.0 Å². The highest BCUT2D eigenvalue weighted by atomic mass is 32.2. The molecule has 3 aromatic carbocycles. The Labute approximate surface area is 196 Å². The second-order valence-electron chi connectivity index (χ2n) is 8.00. The van der Waals surface area contributed by atoms with Crippen molar-refractivity contribution in [3.8, 4) is 5.75 Å². The zero-order valence-corrected chi connectivity index (χ0v) is 20.4. The Morgan fingerprint density at radius 3 is 2.33 bits per heavy atom. The molecule has 33 heavy (non-hydrogen) atoms. The Morgan fingerprint density at radius 1 is 1.03 bits per heavy atom. The van der Waals surface area contributed by atoms with Crippen molar-refractivity contribution < 1.29 is 17.9 Å². The highest BCUT2D eigenvalue weighted by Gasteiger charge is 2.22. The quantitative estimate of drug-likeness (QED) is 0.506. The fourth-order valence-corrected chi connectivity index (χ4v) is 4.82. The van der Waals surface area contributed by atoms with E-state index >= 15 is 0 Å². The Kier molecular flexibility index (Phi) is 7.43. The molecule has 0 aliphatic rings. The van der Waals surface area contributed by atoms with Gasteiger partial charge in [-0.1, -0.05) is 42.8 Å². The van der Waals surface area contributed by atoms with Crippen LogP contribution in [0.25, 0.3) is 0 Å². The summed E-state index contributed by atoms with van der Waals surface area (Å²) in [4.78, 5) is 13.2. The number of hydrogen-bond donors (Lipinski definition) is 1. The van der Waals surface area contributed by atoms with Gasteiger partial charge in [0.25, 0.3) is 15.9 Å². The smallest absolute Gasteiger partial charge is 0.264 e. The van der Waals surface area contributed by atoms with Gasteiger partial charge in [0.2, 0.25) is 0 Å². The molecule has 174 valence electrons. The standard InChI is InChI=1S/C26H30N2O4S/c1-6-24(20-12-15-25(32-5)19(3)16-20)27-26(29)21-8-7-9-22(17-21)28(4)33(30,31)23-13-10-18(2)11-14-23/h7-17,24H,6H2,1-5H3,(H,27,29). The van der Waals surface area contributed by atoms with Crippen molar-refractivity contribution in [1.82, 2.24) is 5.32 Å². The zero-order chi connectivity index (χ0) is 24.2. The van der Waals surface area contributed by atoms with Crippen molar-refractivity contribution in [3.05, 3.63) is 89.0 Å². The maximum Gasteiger partial charge on any atom is 0.264 e. The van der Waals surface area contributed by atoms with Crippen LogP contribution in [0.5, 0.6) is 5.75 Å². The second-order valence-corrected chi connectivity index (χ2v) is 9.97. The molecule has 0 aliphatic heterocycles. The molecule has 3 aromatic rings. The number of rotatable bonds is 8. The van der Waals surface area contributed by atoms with Crippen molar-refractivity contribution in [2.24, 2.45) is 0 Å². The topological polar surface area (TPSA) is 75.7 Å². The summed E-state index contributed by atoms with van der Waals surface area (Å²) in [7, 11) is -0.627. The third-order valence-corrected chi connectivity index (χ3v) is 7.49. The molecule has 1 unspecified atom stereocenters. The van der Waals surface area contributed by atoms with Gasteiger partial charge < -0.3 is 10.1 Å². The third-order valence-electron chi connectivity index (χ3n) is 5.69. The molecule has 0 heterocycles. The van der Waals surface area contributed by atoms with Crippen molar-refractivity contribution in [3.63, 3.8) is 0 Å². The van der Waals surface area contributed by atoms with E-state index in [1.807, 2.05) is 39.0 Å². The first-order chi connectivity index (χ1) is 15.7. The third kappa shape index (κ3) is 5.37. The van der Waals surface area contributed by atoms with Gasteiger partial charge in [0.05, 0.1) is 23.7 Å². The molecule has 7 heteroatoms. The number of nitrogens with one attached hydrogen (secondary N) is 1. The summed E-state index contributed by atoms with van der Waals surface area (Å²) in [5.74, 6) is 0.531. The number of benzene rings is 3. The van der Waals surface area contributed by atoms with Gasteiger partial charge in [-0.2, -0.15) is 0 Å². The van der Waals surface area contributed by atoms with Gasteiger partial charge in [0.1, 0.15) is 5.75 Å². The number of hydrogen-bond acceptors (Lipinski definition) is 4.